The first kappa shape index (κ1) is 14.5. The van der Waals surface area contributed by atoms with Crippen LogP contribution in [-0.4, -0.2) is 9.55 Å². The molecule has 0 saturated heterocycles. The smallest absolute Gasteiger partial charge is 0.256 e. The molecule has 0 atom stereocenters. The van der Waals surface area contributed by atoms with E-state index in [-0.39, 0.29) is 5.56 Å². The fraction of sp³-hybridized carbons (Fsp3) is 0.111. The molecule has 0 aliphatic rings. The van der Waals surface area contributed by atoms with E-state index in [0.29, 0.717) is 10.8 Å². The standard InChI is InChI=1S/C18H15ClN2O/c19-18-15(9-8-14-5-2-1-3-6-14)10-11-17(22)21(18)16-7-4-12-20-13-16/h1-7,10-13H,8-9H2. The zero-order valence-corrected chi connectivity index (χ0v) is 12.7. The number of nitrogens with zero attached hydrogens (tertiary/aromatic N) is 2. The average molecular weight is 311 g/mol. The summed E-state index contributed by atoms with van der Waals surface area (Å²) in [6, 6.07) is 17.2. The summed E-state index contributed by atoms with van der Waals surface area (Å²) >= 11 is 6.45. The molecule has 1 aromatic carbocycles. The molecular formula is C18H15ClN2O. The highest BCUT2D eigenvalue weighted by atomic mass is 35.5. The molecule has 0 spiro atoms. The van der Waals surface area contributed by atoms with Crippen LogP contribution in [0.15, 0.2) is 71.8 Å². The van der Waals surface area contributed by atoms with Crippen molar-refractivity contribution < 1.29 is 0 Å². The van der Waals surface area contributed by atoms with Crippen LogP contribution < -0.4 is 5.56 Å². The lowest BCUT2D eigenvalue weighted by Crippen LogP contribution is -2.19. The van der Waals surface area contributed by atoms with Crippen molar-refractivity contribution in [2.45, 2.75) is 12.8 Å². The third-order valence-corrected chi connectivity index (χ3v) is 3.95. The van der Waals surface area contributed by atoms with Crippen LogP contribution in [0.3, 0.4) is 0 Å². The predicted octanol–water partition coefficient (Wildman–Crippen LogP) is 3.67. The molecule has 110 valence electrons. The first-order valence-corrected chi connectivity index (χ1v) is 7.48. The molecule has 22 heavy (non-hydrogen) atoms. The molecule has 0 unspecified atom stereocenters. The highest BCUT2D eigenvalue weighted by Crippen LogP contribution is 2.19. The number of pyridine rings is 2. The molecule has 2 aromatic heterocycles. The van der Waals surface area contributed by atoms with Gasteiger partial charge in [-0.1, -0.05) is 48.0 Å². The predicted molar refractivity (Wildman–Crippen MR) is 88.7 cm³/mol. The number of rotatable bonds is 4. The molecule has 0 bridgehead atoms. The molecule has 3 aromatic rings. The van der Waals surface area contributed by atoms with Crippen LogP contribution in [0.2, 0.25) is 5.15 Å². The lowest BCUT2D eigenvalue weighted by atomic mass is 10.1. The third kappa shape index (κ3) is 3.10. The number of benzene rings is 1. The SMILES string of the molecule is O=c1ccc(CCc2ccccc2)c(Cl)n1-c1cccnc1. The maximum absolute atomic E-state index is 12.1. The minimum Gasteiger partial charge on any atom is -0.269 e. The Kier molecular flexibility index (Phi) is 4.35. The van der Waals surface area contributed by atoms with Gasteiger partial charge in [-0.25, -0.2) is 0 Å². The molecule has 0 aliphatic heterocycles. The minimum absolute atomic E-state index is 0.151. The summed E-state index contributed by atoms with van der Waals surface area (Å²) in [7, 11) is 0. The van der Waals surface area contributed by atoms with E-state index in [2.05, 4.69) is 17.1 Å². The van der Waals surface area contributed by atoms with E-state index in [0.717, 1.165) is 18.4 Å². The number of aromatic nitrogens is 2. The Bertz CT molecular complexity index is 813. The van der Waals surface area contributed by atoms with Gasteiger partial charge in [0.05, 0.1) is 11.9 Å². The quantitative estimate of drug-likeness (QED) is 0.689. The summed E-state index contributed by atoms with van der Waals surface area (Å²) in [6.07, 6.45) is 4.96. The Hall–Kier alpha value is -2.39. The van der Waals surface area contributed by atoms with E-state index in [1.807, 2.05) is 24.3 Å². The Morgan fingerprint density at radius 2 is 1.77 bits per heavy atom. The van der Waals surface area contributed by atoms with Crippen molar-refractivity contribution in [2.24, 2.45) is 0 Å². The van der Waals surface area contributed by atoms with Gasteiger partial charge in [-0.2, -0.15) is 0 Å². The number of aryl methyl sites for hydroxylation is 2. The summed E-state index contributed by atoms with van der Waals surface area (Å²) < 4.78 is 1.49. The van der Waals surface area contributed by atoms with Gasteiger partial charge in [0.1, 0.15) is 5.15 Å². The van der Waals surface area contributed by atoms with Gasteiger partial charge in [0.15, 0.2) is 0 Å². The highest BCUT2D eigenvalue weighted by Gasteiger charge is 2.10. The summed E-state index contributed by atoms with van der Waals surface area (Å²) in [5, 5.41) is 0.455. The van der Waals surface area contributed by atoms with Gasteiger partial charge in [0.2, 0.25) is 0 Å². The summed E-state index contributed by atoms with van der Waals surface area (Å²) in [4.78, 5) is 16.2. The largest absolute Gasteiger partial charge is 0.269 e. The molecule has 0 fully saturated rings. The van der Waals surface area contributed by atoms with E-state index in [1.165, 1.54) is 10.1 Å². The van der Waals surface area contributed by atoms with E-state index in [1.54, 1.807) is 30.6 Å². The molecule has 4 heteroatoms. The minimum atomic E-state index is -0.151. The van der Waals surface area contributed by atoms with Crippen LogP contribution in [0.1, 0.15) is 11.1 Å². The van der Waals surface area contributed by atoms with Gasteiger partial charge < -0.3 is 0 Å². The van der Waals surface area contributed by atoms with Crippen LogP contribution in [0.4, 0.5) is 0 Å². The number of halogens is 1. The second-order valence-corrected chi connectivity index (χ2v) is 5.38. The number of hydrogen-bond donors (Lipinski definition) is 0. The normalized spacial score (nSPS) is 10.6. The van der Waals surface area contributed by atoms with Gasteiger partial charge in [-0.15, -0.1) is 0 Å². The van der Waals surface area contributed by atoms with E-state index in [4.69, 9.17) is 11.6 Å². The van der Waals surface area contributed by atoms with Crippen LogP contribution >= 0.6 is 11.6 Å². The van der Waals surface area contributed by atoms with Gasteiger partial charge in [0.25, 0.3) is 5.56 Å². The first-order valence-electron chi connectivity index (χ1n) is 7.10. The van der Waals surface area contributed by atoms with Gasteiger partial charge in [-0.3, -0.25) is 14.3 Å². The van der Waals surface area contributed by atoms with Crippen LogP contribution in [-0.2, 0) is 12.8 Å². The van der Waals surface area contributed by atoms with Crippen molar-refractivity contribution in [3.05, 3.63) is 93.6 Å². The third-order valence-electron chi connectivity index (χ3n) is 3.54. The van der Waals surface area contributed by atoms with Crippen molar-refractivity contribution >= 4 is 11.6 Å². The van der Waals surface area contributed by atoms with E-state index in [9.17, 15) is 4.79 Å². The summed E-state index contributed by atoms with van der Waals surface area (Å²) in [6.45, 7) is 0. The van der Waals surface area contributed by atoms with Crippen molar-refractivity contribution in [2.75, 3.05) is 0 Å². The second kappa shape index (κ2) is 6.58. The molecule has 0 radical (unpaired) electrons. The first-order chi connectivity index (χ1) is 10.8. The highest BCUT2D eigenvalue weighted by molar-refractivity contribution is 6.30. The van der Waals surface area contributed by atoms with Gasteiger partial charge in [0, 0.05) is 12.3 Å². The lowest BCUT2D eigenvalue weighted by Gasteiger charge is -2.12. The zero-order chi connectivity index (χ0) is 15.4. The van der Waals surface area contributed by atoms with Crippen LogP contribution in [0.25, 0.3) is 5.69 Å². The molecule has 0 amide bonds. The maximum Gasteiger partial charge on any atom is 0.256 e. The Morgan fingerprint density at radius 3 is 2.50 bits per heavy atom. The maximum atomic E-state index is 12.1. The van der Waals surface area contributed by atoms with Crippen molar-refractivity contribution in [3.8, 4) is 5.69 Å². The van der Waals surface area contributed by atoms with Gasteiger partial charge >= 0.3 is 0 Å². The zero-order valence-electron chi connectivity index (χ0n) is 11.9. The molecule has 0 saturated carbocycles. The average Bonchev–Trinajstić information content (AvgIpc) is 2.56. The number of hydrogen-bond acceptors (Lipinski definition) is 2. The van der Waals surface area contributed by atoms with E-state index >= 15 is 0 Å². The van der Waals surface area contributed by atoms with Crippen LogP contribution in [0, 0.1) is 0 Å². The molecule has 0 N–H and O–H groups in total. The van der Waals surface area contributed by atoms with Crippen molar-refractivity contribution in [3.63, 3.8) is 0 Å². The molecule has 0 aliphatic carbocycles. The lowest BCUT2D eigenvalue weighted by molar-refractivity contribution is 0.902. The second-order valence-electron chi connectivity index (χ2n) is 5.02. The van der Waals surface area contributed by atoms with Crippen molar-refractivity contribution in [1.29, 1.82) is 0 Å². The van der Waals surface area contributed by atoms with E-state index < -0.39 is 0 Å². The van der Waals surface area contributed by atoms with Crippen molar-refractivity contribution in [1.82, 2.24) is 9.55 Å². The monoisotopic (exact) mass is 310 g/mol. The molecule has 2 heterocycles. The van der Waals surface area contributed by atoms with Gasteiger partial charge in [-0.05, 0) is 36.1 Å². The molecule has 3 rings (SSSR count). The Labute approximate surface area is 133 Å². The fourth-order valence-corrected chi connectivity index (χ4v) is 2.73. The summed E-state index contributed by atoms with van der Waals surface area (Å²) in [5.74, 6) is 0. The fourth-order valence-electron chi connectivity index (χ4n) is 2.39. The summed E-state index contributed by atoms with van der Waals surface area (Å²) in [5.41, 5.74) is 2.73. The molecule has 3 nitrogen and oxygen atoms in total. The topological polar surface area (TPSA) is 34.9 Å². The molecular weight excluding hydrogens is 296 g/mol. The van der Waals surface area contributed by atoms with Crippen LogP contribution in [0.5, 0.6) is 0 Å². The Balaban J connectivity index is 1.92. The Morgan fingerprint density at radius 1 is 0.955 bits per heavy atom.